The van der Waals surface area contributed by atoms with E-state index in [9.17, 15) is 0 Å². The Morgan fingerprint density at radius 1 is 1.60 bits per heavy atom. The van der Waals surface area contributed by atoms with Crippen LogP contribution in [0.2, 0.25) is 0 Å². The molecule has 1 unspecified atom stereocenters. The van der Waals surface area contributed by atoms with Crippen LogP contribution >= 0.6 is 0 Å². The first-order valence-electron chi connectivity index (χ1n) is 5.82. The van der Waals surface area contributed by atoms with E-state index in [-0.39, 0.29) is 0 Å². The monoisotopic (exact) mass is 208 g/mol. The van der Waals surface area contributed by atoms with Crippen LogP contribution in [-0.4, -0.2) is 40.8 Å². The molecular weight excluding hydrogens is 188 g/mol. The van der Waals surface area contributed by atoms with Gasteiger partial charge in [-0.1, -0.05) is 13.3 Å². The van der Waals surface area contributed by atoms with Crippen molar-refractivity contribution in [2.24, 2.45) is 0 Å². The lowest BCUT2D eigenvalue weighted by Crippen LogP contribution is -2.50. The Morgan fingerprint density at radius 3 is 3.27 bits per heavy atom. The topological polar surface area (TPSA) is 44.0 Å². The van der Waals surface area contributed by atoms with Crippen LogP contribution < -0.4 is 5.32 Å². The number of aromatic amines is 1. The van der Waals surface area contributed by atoms with Crippen LogP contribution in [-0.2, 0) is 6.54 Å². The minimum Gasteiger partial charge on any atom is -0.311 e. The first-order chi connectivity index (χ1) is 7.38. The number of hydrogen-bond donors (Lipinski definition) is 2. The molecule has 1 aliphatic rings. The number of rotatable bonds is 4. The third-order valence-corrected chi connectivity index (χ3v) is 2.93. The summed E-state index contributed by atoms with van der Waals surface area (Å²) in [6.07, 6.45) is 4.36. The van der Waals surface area contributed by atoms with Crippen LogP contribution in [0.25, 0.3) is 0 Å². The molecule has 2 heterocycles. The van der Waals surface area contributed by atoms with Gasteiger partial charge in [0.1, 0.15) is 0 Å². The summed E-state index contributed by atoms with van der Waals surface area (Å²) < 4.78 is 0. The number of piperazine rings is 1. The Labute approximate surface area is 91.1 Å². The number of nitrogens with zero attached hydrogens (tertiary/aromatic N) is 2. The molecule has 0 amide bonds. The molecular formula is C11H20N4. The minimum absolute atomic E-state index is 0.673. The second kappa shape index (κ2) is 5.28. The van der Waals surface area contributed by atoms with Gasteiger partial charge in [-0.05, 0) is 12.5 Å². The summed E-state index contributed by atoms with van der Waals surface area (Å²) in [5, 5.41) is 10.6. The van der Waals surface area contributed by atoms with Crippen LogP contribution in [0.15, 0.2) is 12.3 Å². The van der Waals surface area contributed by atoms with Gasteiger partial charge in [0.2, 0.25) is 0 Å². The molecule has 1 aliphatic heterocycles. The van der Waals surface area contributed by atoms with Gasteiger partial charge in [-0.2, -0.15) is 5.10 Å². The maximum Gasteiger partial charge on any atom is 0.0492 e. The molecule has 84 valence electrons. The highest BCUT2D eigenvalue weighted by molar-refractivity contribution is 4.97. The van der Waals surface area contributed by atoms with Crippen LogP contribution in [0, 0.1) is 0 Å². The van der Waals surface area contributed by atoms with Gasteiger partial charge in [-0.15, -0.1) is 0 Å². The van der Waals surface area contributed by atoms with E-state index in [1.165, 1.54) is 18.5 Å². The Balaban J connectivity index is 1.82. The van der Waals surface area contributed by atoms with Crippen molar-refractivity contribution in [1.29, 1.82) is 0 Å². The number of hydrogen-bond acceptors (Lipinski definition) is 3. The minimum atomic E-state index is 0.673. The predicted octanol–water partition coefficient (Wildman–Crippen LogP) is 0.984. The zero-order valence-corrected chi connectivity index (χ0v) is 9.37. The van der Waals surface area contributed by atoms with E-state index in [2.05, 4.69) is 33.4 Å². The Hall–Kier alpha value is -0.870. The highest BCUT2D eigenvalue weighted by atomic mass is 15.2. The molecule has 2 rings (SSSR count). The lowest BCUT2D eigenvalue weighted by atomic mass is 10.1. The summed E-state index contributed by atoms with van der Waals surface area (Å²) in [6.45, 7) is 6.66. The summed E-state index contributed by atoms with van der Waals surface area (Å²) in [7, 11) is 0. The van der Waals surface area contributed by atoms with Gasteiger partial charge >= 0.3 is 0 Å². The zero-order valence-electron chi connectivity index (χ0n) is 9.37. The second-order valence-corrected chi connectivity index (χ2v) is 4.26. The molecule has 1 saturated heterocycles. The van der Waals surface area contributed by atoms with Crippen LogP contribution in [0.3, 0.4) is 0 Å². The molecule has 1 atom stereocenters. The molecule has 0 spiro atoms. The van der Waals surface area contributed by atoms with Gasteiger partial charge in [-0.25, -0.2) is 0 Å². The highest BCUT2D eigenvalue weighted by Gasteiger charge is 2.18. The third-order valence-electron chi connectivity index (χ3n) is 2.93. The van der Waals surface area contributed by atoms with Crippen molar-refractivity contribution < 1.29 is 0 Å². The van der Waals surface area contributed by atoms with Gasteiger partial charge in [0.25, 0.3) is 0 Å². The first-order valence-corrected chi connectivity index (χ1v) is 5.82. The highest BCUT2D eigenvalue weighted by Crippen LogP contribution is 2.08. The molecule has 4 heteroatoms. The van der Waals surface area contributed by atoms with E-state index in [1.807, 2.05) is 6.20 Å². The normalized spacial score (nSPS) is 23.1. The molecule has 15 heavy (non-hydrogen) atoms. The Bertz CT molecular complexity index is 268. The SMILES string of the molecule is CCCC1CN(Cc2ccn[nH]2)CCN1. The molecule has 0 aromatic carbocycles. The van der Waals surface area contributed by atoms with Crippen molar-refractivity contribution in [2.45, 2.75) is 32.4 Å². The third kappa shape index (κ3) is 3.04. The van der Waals surface area contributed by atoms with Crippen molar-refractivity contribution in [3.63, 3.8) is 0 Å². The fraction of sp³-hybridized carbons (Fsp3) is 0.727. The molecule has 0 saturated carbocycles. The van der Waals surface area contributed by atoms with Gasteiger partial charge in [0, 0.05) is 44.1 Å². The van der Waals surface area contributed by atoms with Crippen LogP contribution in [0.4, 0.5) is 0 Å². The van der Waals surface area contributed by atoms with Crippen molar-refractivity contribution in [2.75, 3.05) is 19.6 Å². The first kappa shape index (κ1) is 10.6. The van der Waals surface area contributed by atoms with Crippen molar-refractivity contribution in [1.82, 2.24) is 20.4 Å². The molecule has 1 fully saturated rings. The van der Waals surface area contributed by atoms with E-state index < -0.39 is 0 Å². The van der Waals surface area contributed by atoms with E-state index in [4.69, 9.17) is 0 Å². The Morgan fingerprint density at radius 2 is 2.53 bits per heavy atom. The lowest BCUT2D eigenvalue weighted by Gasteiger charge is -2.33. The lowest BCUT2D eigenvalue weighted by molar-refractivity contribution is 0.185. The summed E-state index contributed by atoms with van der Waals surface area (Å²) in [5.74, 6) is 0. The number of H-pyrrole nitrogens is 1. The Kier molecular flexibility index (Phi) is 3.75. The van der Waals surface area contributed by atoms with Crippen LogP contribution in [0.1, 0.15) is 25.5 Å². The molecule has 4 nitrogen and oxygen atoms in total. The molecule has 1 aromatic rings. The fourth-order valence-electron chi connectivity index (χ4n) is 2.19. The quantitative estimate of drug-likeness (QED) is 0.775. The standard InChI is InChI=1S/C11H20N4/c1-2-3-10-8-15(7-6-12-10)9-11-4-5-13-14-11/h4-5,10,12H,2-3,6-9H2,1H3,(H,13,14). The van der Waals surface area contributed by atoms with E-state index in [1.54, 1.807) is 0 Å². The molecule has 2 N–H and O–H groups in total. The molecule has 1 aromatic heterocycles. The van der Waals surface area contributed by atoms with E-state index in [0.717, 1.165) is 26.2 Å². The van der Waals surface area contributed by atoms with Crippen molar-refractivity contribution in [3.05, 3.63) is 18.0 Å². The summed E-state index contributed by atoms with van der Waals surface area (Å²) >= 11 is 0. The number of nitrogens with one attached hydrogen (secondary N) is 2. The van der Waals surface area contributed by atoms with E-state index in [0.29, 0.717) is 6.04 Å². The smallest absolute Gasteiger partial charge is 0.0492 e. The van der Waals surface area contributed by atoms with Gasteiger partial charge in [-0.3, -0.25) is 10.00 Å². The van der Waals surface area contributed by atoms with Crippen molar-refractivity contribution in [3.8, 4) is 0 Å². The van der Waals surface area contributed by atoms with Gasteiger partial charge < -0.3 is 5.32 Å². The van der Waals surface area contributed by atoms with Gasteiger partial charge in [0.15, 0.2) is 0 Å². The predicted molar refractivity (Wildman–Crippen MR) is 60.6 cm³/mol. The molecule has 0 aliphatic carbocycles. The molecule has 0 bridgehead atoms. The fourth-order valence-corrected chi connectivity index (χ4v) is 2.19. The second-order valence-electron chi connectivity index (χ2n) is 4.26. The average Bonchev–Trinajstić information content (AvgIpc) is 2.71. The summed E-state index contributed by atoms with van der Waals surface area (Å²) in [4.78, 5) is 2.49. The maximum absolute atomic E-state index is 3.98. The zero-order chi connectivity index (χ0) is 10.5. The van der Waals surface area contributed by atoms with E-state index >= 15 is 0 Å². The largest absolute Gasteiger partial charge is 0.311 e. The molecule has 0 radical (unpaired) electrons. The maximum atomic E-state index is 3.98. The summed E-state index contributed by atoms with van der Waals surface area (Å²) in [5.41, 5.74) is 1.21. The summed E-state index contributed by atoms with van der Waals surface area (Å²) in [6, 6.07) is 2.73. The van der Waals surface area contributed by atoms with Gasteiger partial charge in [0.05, 0.1) is 0 Å². The average molecular weight is 208 g/mol. The number of aromatic nitrogens is 2. The van der Waals surface area contributed by atoms with Crippen LogP contribution in [0.5, 0.6) is 0 Å². The van der Waals surface area contributed by atoms with Crippen molar-refractivity contribution >= 4 is 0 Å².